The number of halogens is 1. The molecule has 2 aromatic carbocycles. The molecule has 0 bridgehead atoms. The Bertz CT molecular complexity index is 658. The van der Waals surface area contributed by atoms with Gasteiger partial charge in [-0.05, 0) is 17.2 Å². The van der Waals surface area contributed by atoms with Crippen LogP contribution in [0.1, 0.15) is 5.56 Å². The Labute approximate surface area is 119 Å². The molecule has 104 valence electrons. The first-order valence-electron chi connectivity index (χ1n) is 6.03. The van der Waals surface area contributed by atoms with E-state index in [1.165, 1.54) is 6.07 Å². The van der Waals surface area contributed by atoms with Gasteiger partial charge in [-0.1, -0.05) is 42.5 Å². The highest BCUT2D eigenvalue weighted by Gasteiger charge is 2.08. The molecule has 2 aromatic rings. The van der Waals surface area contributed by atoms with Crippen molar-refractivity contribution in [2.24, 2.45) is 5.73 Å². The predicted molar refractivity (Wildman–Crippen MR) is 77.7 cm³/mol. The van der Waals surface area contributed by atoms with Gasteiger partial charge in [0.1, 0.15) is 11.6 Å². The van der Waals surface area contributed by atoms with Gasteiger partial charge >= 0.3 is 0 Å². The van der Waals surface area contributed by atoms with Crippen LogP contribution >= 0.6 is 0 Å². The second-order valence-corrected chi connectivity index (χ2v) is 5.83. The molecule has 0 saturated heterocycles. The summed E-state index contributed by atoms with van der Waals surface area (Å²) in [6, 6.07) is 13.6. The normalized spacial score (nSPS) is 12.1. The minimum absolute atomic E-state index is 0.163. The zero-order valence-corrected chi connectivity index (χ0v) is 11.5. The van der Waals surface area contributed by atoms with Crippen molar-refractivity contribution < 1.29 is 13.4 Å². The molecule has 0 heterocycles. The van der Waals surface area contributed by atoms with Crippen LogP contribution < -0.4 is 5.73 Å². The van der Waals surface area contributed by atoms with Crippen LogP contribution in [0.15, 0.2) is 48.5 Å². The lowest BCUT2D eigenvalue weighted by atomic mass is 10.0. The molecular formula is C15H14FNO2S. The third-order valence-electron chi connectivity index (χ3n) is 2.74. The fourth-order valence-corrected chi connectivity index (χ4v) is 2.89. The number of rotatable bonds is 5. The summed E-state index contributed by atoms with van der Waals surface area (Å²) in [4.78, 5) is 10.7. The predicted octanol–water partition coefficient (Wildman–Crippen LogP) is 2.23. The maximum Gasteiger partial charge on any atom is 0.230 e. The fraction of sp³-hybridized carbons (Fsp3) is 0.133. The molecule has 0 saturated carbocycles. The summed E-state index contributed by atoms with van der Waals surface area (Å²) in [6.45, 7) is 0. The Morgan fingerprint density at radius 2 is 1.90 bits per heavy atom. The number of nitrogens with two attached hydrogens (primary N) is 1. The molecule has 2 rings (SSSR count). The van der Waals surface area contributed by atoms with E-state index in [2.05, 4.69) is 0 Å². The molecular weight excluding hydrogens is 277 g/mol. The van der Waals surface area contributed by atoms with Gasteiger partial charge in [-0.25, -0.2) is 4.39 Å². The van der Waals surface area contributed by atoms with Crippen LogP contribution in [0.5, 0.6) is 0 Å². The molecule has 1 atom stereocenters. The standard InChI is InChI=1S/C15H14FNO2S/c16-14-7-2-1-6-13(14)12-5-3-4-11(8-12)9-20(19)10-15(17)18/h1-8H,9-10H2,(H2,17,18). The van der Waals surface area contributed by atoms with Crippen LogP contribution in [-0.2, 0) is 21.3 Å². The lowest BCUT2D eigenvalue weighted by molar-refractivity contribution is -0.115. The van der Waals surface area contributed by atoms with Crippen LogP contribution in [-0.4, -0.2) is 15.9 Å². The average molecular weight is 291 g/mol. The number of carbonyl (C=O) groups excluding carboxylic acids is 1. The Morgan fingerprint density at radius 1 is 1.15 bits per heavy atom. The van der Waals surface area contributed by atoms with E-state index < -0.39 is 16.7 Å². The first-order chi connectivity index (χ1) is 9.56. The van der Waals surface area contributed by atoms with E-state index in [9.17, 15) is 13.4 Å². The molecule has 0 spiro atoms. The highest BCUT2D eigenvalue weighted by molar-refractivity contribution is 7.84. The van der Waals surface area contributed by atoms with E-state index in [0.717, 1.165) is 11.1 Å². The largest absolute Gasteiger partial charge is 0.369 e. The van der Waals surface area contributed by atoms with Crippen molar-refractivity contribution in [3.63, 3.8) is 0 Å². The molecule has 0 fully saturated rings. The molecule has 3 nitrogen and oxygen atoms in total. The van der Waals surface area contributed by atoms with Gasteiger partial charge in [-0.15, -0.1) is 0 Å². The molecule has 0 radical (unpaired) electrons. The van der Waals surface area contributed by atoms with E-state index in [-0.39, 0.29) is 17.3 Å². The third kappa shape index (κ3) is 3.74. The highest BCUT2D eigenvalue weighted by Crippen LogP contribution is 2.23. The van der Waals surface area contributed by atoms with Gasteiger partial charge in [-0.2, -0.15) is 0 Å². The number of hydrogen-bond acceptors (Lipinski definition) is 2. The summed E-state index contributed by atoms with van der Waals surface area (Å²) in [5.74, 6) is -0.827. The van der Waals surface area contributed by atoms with Crippen molar-refractivity contribution in [3.8, 4) is 11.1 Å². The summed E-state index contributed by atoms with van der Waals surface area (Å²) in [6.07, 6.45) is 0. The lowest BCUT2D eigenvalue weighted by Crippen LogP contribution is -2.20. The van der Waals surface area contributed by atoms with Crippen molar-refractivity contribution in [1.82, 2.24) is 0 Å². The van der Waals surface area contributed by atoms with Crippen LogP contribution in [0.4, 0.5) is 4.39 Å². The molecule has 1 unspecified atom stereocenters. The number of primary amides is 1. The minimum Gasteiger partial charge on any atom is -0.369 e. The van der Waals surface area contributed by atoms with Crippen molar-refractivity contribution in [1.29, 1.82) is 0 Å². The molecule has 5 heteroatoms. The Kier molecular flexibility index (Phi) is 4.63. The first-order valence-corrected chi connectivity index (χ1v) is 7.52. The Morgan fingerprint density at radius 3 is 2.60 bits per heavy atom. The monoisotopic (exact) mass is 291 g/mol. The summed E-state index contributed by atoms with van der Waals surface area (Å²) < 4.78 is 25.4. The van der Waals surface area contributed by atoms with Crippen LogP contribution in [0.2, 0.25) is 0 Å². The van der Waals surface area contributed by atoms with Gasteiger partial charge in [0.15, 0.2) is 0 Å². The first kappa shape index (κ1) is 14.4. The quantitative estimate of drug-likeness (QED) is 0.918. The molecule has 20 heavy (non-hydrogen) atoms. The number of carbonyl (C=O) groups is 1. The van der Waals surface area contributed by atoms with Crippen LogP contribution in [0.25, 0.3) is 11.1 Å². The fourth-order valence-electron chi connectivity index (χ4n) is 1.92. The van der Waals surface area contributed by atoms with Gasteiger partial charge < -0.3 is 5.73 Å². The van der Waals surface area contributed by atoms with Crippen molar-refractivity contribution in [2.45, 2.75) is 5.75 Å². The number of amides is 1. The number of benzene rings is 2. The van der Waals surface area contributed by atoms with E-state index >= 15 is 0 Å². The second-order valence-electron chi connectivity index (χ2n) is 4.38. The Balaban J connectivity index is 2.23. The van der Waals surface area contributed by atoms with Crippen LogP contribution in [0, 0.1) is 5.82 Å². The van der Waals surface area contributed by atoms with Gasteiger partial charge in [0, 0.05) is 22.1 Å². The van der Waals surface area contributed by atoms with E-state index in [1.54, 1.807) is 42.5 Å². The van der Waals surface area contributed by atoms with E-state index in [1.807, 2.05) is 0 Å². The zero-order valence-electron chi connectivity index (χ0n) is 10.7. The third-order valence-corrected chi connectivity index (χ3v) is 4.00. The van der Waals surface area contributed by atoms with Crippen LogP contribution in [0.3, 0.4) is 0 Å². The summed E-state index contributed by atoms with van der Waals surface area (Å²) in [5.41, 5.74) is 7.00. The van der Waals surface area contributed by atoms with Gasteiger partial charge in [-0.3, -0.25) is 9.00 Å². The van der Waals surface area contributed by atoms with Crippen molar-refractivity contribution >= 4 is 16.7 Å². The topological polar surface area (TPSA) is 60.2 Å². The molecule has 0 aliphatic rings. The average Bonchev–Trinajstić information content (AvgIpc) is 2.38. The molecule has 0 aliphatic carbocycles. The SMILES string of the molecule is NC(=O)CS(=O)Cc1cccc(-c2ccccc2F)c1. The van der Waals surface area contributed by atoms with Gasteiger partial charge in [0.25, 0.3) is 0 Å². The summed E-state index contributed by atoms with van der Waals surface area (Å²) >= 11 is 0. The molecule has 2 N–H and O–H groups in total. The molecule has 0 aromatic heterocycles. The lowest BCUT2D eigenvalue weighted by Gasteiger charge is -2.06. The summed E-state index contributed by atoms with van der Waals surface area (Å²) in [7, 11) is -1.34. The maximum absolute atomic E-state index is 13.7. The van der Waals surface area contributed by atoms with E-state index in [4.69, 9.17) is 5.73 Å². The highest BCUT2D eigenvalue weighted by atomic mass is 32.2. The minimum atomic E-state index is -1.34. The Hall–Kier alpha value is -2.01. The van der Waals surface area contributed by atoms with Crippen molar-refractivity contribution in [2.75, 3.05) is 5.75 Å². The molecule has 0 aliphatic heterocycles. The molecule has 1 amide bonds. The summed E-state index contributed by atoms with van der Waals surface area (Å²) in [5, 5.41) is 0. The van der Waals surface area contributed by atoms with Crippen molar-refractivity contribution in [3.05, 3.63) is 59.9 Å². The number of hydrogen-bond donors (Lipinski definition) is 1. The van der Waals surface area contributed by atoms with Gasteiger partial charge in [0.2, 0.25) is 5.91 Å². The maximum atomic E-state index is 13.7. The zero-order chi connectivity index (χ0) is 14.5. The second kappa shape index (κ2) is 6.43. The van der Waals surface area contributed by atoms with E-state index in [0.29, 0.717) is 5.56 Å². The van der Waals surface area contributed by atoms with Gasteiger partial charge in [0.05, 0.1) is 0 Å². The smallest absolute Gasteiger partial charge is 0.230 e.